The monoisotopic (exact) mass is 483 g/mol. The third kappa shape index (κ3) is 4.52. The van der Waals surface area contributed by atoms with Crippen molar-refractivity contribution in [1.29, 1.82) is 0 Å². The SMILES string of the molecule is CC(C)OC(=O)[C@H]1[C@@H](c2cc[c]([Sn]([CH3])([CH3])[CH3])cc2)C[C@@H]2CC[C@H]1N2CCF. The van der Waals surface area contributed by atoms with Crippen molar-refractivity contribution in [2.45, 2.75) is 72.0 Å². The molecule has 2 saturated heterocycles. The third-order valence-corrected chi connectivity index (χ3v) is 12.1. The Labute approximate surface area is 167 Å². The molecule has 0 amide bonds. The number of alkyl halides is 1. The van der Waals surface area contributed by atoms with E-state index in [2.05, 4.69) is 44.0 Å². The zero-order valence-electron chi connectivity index (χ0n) is 17.4. The summed E-state index contributed by atoms with van der Waals surface area (Å²) in [7, 11) is 0. The van der Waals surface area contributed by atoms with Crippen LogP contribution in [-0.2, 0) is 9.53 Å². The third-order valence-electron chi connectivity index (χ3n) is 6.24. The van der Waals surface area contributed by atoms with Gasteiger partial charge in [-0.05, 0) is 0 Å². The summed E-state index contributed by atoms with van der Waals surface area (Å²) in [6, 6.07) is 9.54. The van der Waals surface area contributed by atoms with Crippen LogP contribution in [0.25, 0.3) is 0 Å². The minimum atomic E-state index is -2.09. The predicted molar refractivity (Wildman–Crippen MR) is 111 cm³/mol. The fraction of sp³-hybridized carbons (Fsp3) is 0.682. The Balaban J connectivity index is 1.91. The van der Waals surface area contributed by atoms with Gasteiger partial charge in [0, 0.05) is 0 Å². The van der Waals surface area contributed by atoms with Gasteiger partial charge in [-0.3, -0.25) is 0 Å². The Morgan fingerprint density at radius 2 is 1.89 bits per heavy atom. The molecule has 2 bridgehead atoms. The first-order chi connectivity index (χ1) is 12.7. The quantitative estimate of drug-likeness (QED) is 0.452. The van der Waals surface area contributed by atoms with Crippen LogP contribution in [0.15, 0.2) is 24.3 Å². The predicted octanol–water partition coefficient (Wildman–Crippen LogP) is 4.09. The molecular formula is C22H34FNO2Sn. The van der Waals surface area contributed by atoms with Crippen LogP contribution in [0.1, 0.15) is 44.6 Å². The second-order valence-electron chi connectivity index (χ2n) is 9.45. The van der Waals surface area contributed by atoms with E-state index in [4.69, 9.17) is 4.74 Å². The number of rotatable bonds is 6. The zero-order chi connectivity index (χ0) is 19.8. The molecule has 0 spiro atoms. The van der Waals surface area contributed by atoms with E-state index in [0.29, 0.717) is 12.6 Å². The number of halogens is 1. The minimum absolute atomic E-state index is 0.108. The second-order valence-corrected chi connectivity index (χ2v) is 23.9. The van der Waals surface area contributed by atoms with Gasteiger partial charge in [-0.25, -0.2) is 0 Å². The summed E-state index contributed by atoms with van der Waals surface area (Å²) in [5.41, 5.74) is 1.25. The molecule has 4 atom stereocenters. The van der Waals surface area contributed by atoms with Gasteiger partial charge in [0.05, 0.1) is 0 Å². The molecule has 27 heavy (non-hydrogen) atoms. The Bertz CT molecular complexity index is 655. The molecule has 2 fully saturated rings. The molecule has 0 saturated carbocycles. The van der Waals surface area contributed by atoms with Crippen LogP contribution >= 0.6 is 0 Å². The number of piperidine rings is 1. The Kier molecular flexibility index (Phi) is 6.56. The van der Waals surface area contributed by atoms with E-state index >= 15 is 0 Å². The number of nitrogens with zero attached hydrogens (tertiary/aromatic N) is 1. The fourth-order valence-electron chi connectivity index (χ4n) is 4.96. The van der Waals surface area contributed by atoms with E-state index in [9.17, 15) is 9.18 Å². The van der Waals surface area contributed by atoms with Gasteiger partial charge in [0.2, 0.25) is 0 Å². The first kappa shape index (κ1) is 21.1. The van der Waals surface area contributed by atoms with Gasteiger partial charge in [0.25, 0.3) is 0 Å². The molecule has 2 aliphatic heterocycles. The molecule has 1 aromatic rings. The molecule has 1 aromatic carbocycles. The summed E-state index contributed by atoms with van der Waals surface area (Å²) in [4.78, 5) is 22.5. The Morgan fingerprint density at radius 3 is 2.44 bits per heavy atom. The van der Waals surface area contributed by atoms with Gasteiger partial charge in [0.1, 0.15) is 0 Å². The summed E-state index contributed by atoms with van der Waals surface area (Å²) in [6.07, 6.45) is 2.83. The van der Waals surface area contributed by atoms with Gasteiger partial charge in [-0.1, -0.05) is 0 Å². The topological polar surface area (TPSA) is 29.5 Å². The standard InChI is InChI=1S/C19H25FNO2.3CH3.Sn/c1-13(2)23-19(22)18-16(14-6-4-3-5-7-14)12-15-8-9-17(18)21(15)11-10-20;;;;/h4-7,13,15-18H,8-12H2,1-2H3;3*1H3;/t15-,16+,17+,18-;;;;/m0..../s1. The number of hydrogen-bond donors (Lipinski definition) is 0. The summed E-state index contributed by atoms with van der Waals surface area (Å²) in [6.45, 7) is 3.89. The van der Waals surface area contributed by atoms with Gasteiger partial charge in [-0.15, -0.1) is 0 Å². The van der Waals surface area contributed by atoms with Crippen molar-refractivity contribution in [3.05, 3.63) is 29.8 Å². The maximum atomic E-state index is 13.1. The van der Waals surface area contributed by atoms with Crippen LogP contribution in [0.4, 0.5) is 4.39 Å². The average molecular weight is 482 g/mol. The summed E-state index contributed by atoms with van der Waals surface area (Å²) in [5, 5.41) is 0. The van der Waals surface area contributed by atoms with E-state index in [-0.39, 0.29) is 36.6 Å². The molecule has 0 radical (unpaired) electrons. The molecular weight excluding hydrogens is 448 g/mol. The molecule has 3 nitrogen and oxygen atoms in total. The summed E-state index contributed by atoms with van der Waals surface area (Å²) < 4.78 is 20.3. The number of carbonyl (C=O) groups excluding carboxylic acids is 1. The second kappa shape index (κ2) is 8.40. The fourth-order valence-corrected chi connectivity index (χ4v) is 8.29. The number of benzene rings is 1. The maximum absolute atomic E-state index is 13.1. The van der Waals surface area contributed by atoms with Crippen molar-refractivity contribution in [3.8, 4) is 0 Å². The molecule has 2 aliphatic rings. The van der Waals surface area contributed by atoms with E-state index in [0.717, 1.165) is 19.3 Å². The number of hydrogen-bond acceptors (Lipinski definition) is 3. The van der Waals surface area contributed by atoms with Crippen molar-refractivity contribution in [3.63, 3.8) is 0 Å². The van der Waals surface area contributed by atoms with Crippen molar-refractivity contribution >= 4 is 27.9 Å². The van der Waals surface area contributed by atoms with E-state index in [1.54, 1.807) is 0 Å². The molecule has 150 valence electrons. The van der Waals surface area contributed by atoms with Gasteiger partial charge < -0.3 is 0 Å². The molecule has 2 heterocycles. The van der Waals surface area contributed by atoms with Crippen LogP contribution in [0.3, 0.4) is 0 Å². The van der Waals surface area contributed by atoms with Crippen LogP contribution in [0.5, 0.6) is 0 Å². The number of carbonyl (C=O) groups is 1. The number of ether oxygens (including phenoxy) is 1. The van der Waals surface area contributed by atoms with Crippen molar-refractivity contribution in [2.75, 3.05) is 13.2 Å². The Morgan fingerprint density at radius 1 is 1.22 bits per heavy atom. The van der Waals surface area contributed by atoms with E-state index in [1.165, 1.54) is 9.14 Å². The molecule has 3 rings (SSSR count). The normalized spacial score (nSPS) is 28.6. The average Bonchev–Trinajstić information content (AvgIpc) is 2.85. The summed E-state index contributed by atoms with van der Waals surface area (Å²) in [5.74, 6) is -0.126. The van der Waals surface area contributed by atoms with Crippen LogP contribution in [0, 0.1) is 5.92 Å². The number of fused-ring (bicyclic) bond motifs is 2. The molecule has 0 aromatic heterocycles. The number of esters is 1. The molecule has 0 unspecified atom stereocenters. The molecule has 0 N–H and O–H groups in total. The summed E-state index contributed by atoms with van der Waals surface area (Å²) >= 11 is -2.09. The van der Waals surface area contributed by atoms with Crippen LogP contribution in [-0.4, -0.2) is 60.7 Å². The van der Waals surface area contributed by atoms with Crippen LogP contribution in [0.2, 0.25) is 14.8 Å². The first-order valence-corrected chi connectivity index (χ1v) is 20.3. The molecule has 0 aliphatic carbocycles. The zero-order valence-corrected chi connectivity index (χ0v) is 20.2. The van der Waals surface area contributed by atoms with Crippen molar-refractivity contribution < 1.29 is 13.9 Å². The molecule has 5 heteroatoms. The van der Waals surface area contributed by atoms with E-state index < -0.39 is 18.4 Å². The van der Waals surface area contributed by atoms with Crippen molar-refractivity contribution in [2.24, 2.45) is 5.92 Å². The van der Waals surface area contributed by atoms with Gasteiger partial charge >= 0.3 is 168 Å². The first-order valence-electron chi connectivity index (χ1n) is 10.3. The van der Waals surface area contributed by atoms with Crippen LogP contribution < -0.4 is 3.58 Å². The van der Waals surface area contributed by atoms with Gasteiger partial charge in [0.15, 0.2) is 0 Å². The van der Waals surface area contributed by atoms with Gasteiger partial charge in [-0.2, -0.15) is 0 Å². The Hall–Kier alpha value is -0.621. The van der Waals surface area contributed by atoms with E-state index in [1.807, 2.05) is 13.8 Å². The van der Waals surface area contributed by atoms with Crippen molar-refractivity contribution in [1.82, 2.24) is 4.90 Å².